The highest BCUT2D eigenvalue weighted by Crippen LogP contribution is 2.29. The summed E-state index contributed by atoms with van der Waals surface area (Å²) in [6.07, 6.45) is 1.03. The minimum absolute atomic E-state index is 0.259. The molecule has 2 rings (SSSR count). The molecule has 0 heterocycles. The molecule has 2 aromatic rings. The highest BCUT2D eigenvalue weighted by Gasteiger charge is 2.10. The standard InChI is InChI=1S/C17H19F2NO/c1-3-8-20-11-13-9-12(4-7-17(13)21-2)15-10-14(18)5-6-16(15)19/h4-7,9-10,20H,3,8,11H2,1-2H3. The minimum Gasteiger partial charge on any atom is -0.496 e. The molecule has 112 valence electrons. The number of ether oxygens (including phenoxy) is 1. The maximum absolute atomic E-state index is 13.9. The molecule has 0 radical (unpaired) electrons. The summed E-state index contributed by atoms with van der Waals surface area (Å²) in [4.78, 5) is 0. The lowest BCUT2D eigenvalue weighted by Gasteiger charge is -2.12. The number of benzene rings is 2. The Labute approximate surface area is 123 Å². The van der Waals surface area contributed by atoms with E-state index >= 15 is 0 Å². The summed E-state index contributed by atoms with van der Waals surface area (Å²) in [5.41, 5.74) is 1.82. The molecule has 0 bridgehead atoms. The Morgan fingerprint density at radius 3 is 2.62 bits per heavy atom. The van der Waals surface area contributed by atoms with Gasteiger partial charge in [-0.25, -0.2) is 8.78 Å². The van der Waals surface area contributed by atoms with Gasteiger partial charge in [0, 0.05) is 17.7 Å². The predicted molar refractivity (Wildman–Crippen MR) is 80.3 cm³/mol. The third-order valence-corrected chi connectivity index (χ3v) is 3.26. The van der Waals surface area contributed by atoms with Gasteiger partial charge in [0.1, 0.15) is 17.4 Å². The summed E-state index contributed by atoms with van der Waals surface area (Å²) in [5.74, 6) is -0.152. The van der Waals surface area contributed by atoms with Crippen molar-refractivity contribution in [3.8, 4) is 16.9 Å². The SMILES string of the molecule is CCCNCc1cc(-c2cc(F)ccc2F)ccc1OC. The van der Waals surface area contributed by atoms with Crippen molar-refractivity contribution in [2.75, 3.05) is 13.7 Å². The van der Waals surface area contributed by atoms with Gasteiger partial charge < -0.3 is 10.1 Å². The zero-order valence-corrected chi connectivity index (χ0v) is 12.2. The van der Waals surface area contributed by atoms with E-state index in [-0.39, 0.29) is 5.56 Å². The van der Waals surface area contributed by atoms with E-state index in [2.05, 4.69) is 12.2 Å². The fraction of sp³-hybridized carbons (Fsp3) is 0.294. The van der Waals surface area contributed by atoms with Crippen LogP contribution in [-0.4, -0.2) is 13.7 Å². The molecule has 0 amide bonds. The van der Waals surface area contributed by atoms with E-state index in [0.717, 1.165) is 36.4 Å². The molecule has 21 heavy (non-hydrogen) atoms. The molecule has 0 fully saturated rings. The van der Waals surface area contributed by atoms with E-state index in [9.17, 15) is 8.78 Å². The van der Waals surface area contributed by atoms with Crippen molar-refractivity contribution in [3.63, 3.8) is 0 Å². The second-order valence-corrected chi connectivity index (χ2v) is 4.83. The molecular formula is C17H19F2NO. The zero-order chi connectivity index (χ0) is 15.2. The first-order chi connectivity index (χ1) is 10.2. The van der Waals surface area contributed by atoms with E-state index in [0.29, 0.717) is 12.1 Å². The van der Waals surface area contributed by atoms with Crippen LogP contribution in [0.1, 0.15) is 18.9 Å². The van der Waals surface area contributed by atoms with Crippen LogP contribution < -0.4 is 10.1 Å². The maximum Gasteiger partial charge on any atom is 0.131 e. The van der Waals surface area contributed by atoms with Gasteiger partial charge in [0.2, 0.25) is 0 Å². The summed E-state index contributed by atoms with van der Waals surface area (Å²) in [5, 5.41) is 3.28. The second-order valence-electron chi connectivity index (χ2n) is 4.83. The van der Waals surface area contributed by atoms with E-state index in [4.69, 9.17) is 4.74 Å². The molecule has 0 aliphatic heterocycles. The number of rotatable bonds is 6. The molecular weight excluding hydrogens is 272 g/mol. The average molecular weight is 291 g/mol. The van der Waals surface area contributed by atoms with Gasteiger partial charge >= 0.3 is 0 Å². The lowest BCUT2D eigenvalue weighted by molar-refractivity contribution is 0.408. The van der Waals surface area contributed by atoms with Gasteiger partial charge in [-0.3, -0.25) is 0 Å². The van der Waals surface area contributed by atoms with E-state index in [1.165, 1.54) is 6.07 Å². The third kappa shape index (κ3) is 3.79. The third-order valence-electron chi connectivity index (χ3n) is 3.26. The number of nitrogens with one attached hydrogen (secondary N) is 1. The predicted octanol–water partition coefficient (Wildman–Crippen LogP) is 4.14. The molecule has 0 atom stereocenters. The van der Waals surface area contributed by atoms with E-state index in [1.54, 1.807) is 19.2 Å². The minimum atomic E-state index is -0.451. The highest BCUT2D eigenvalue weighted by molar-refractivity contribution is 5.66. The van der Waals surface area contributed by atoms with Crippen LogP contribution in [0.2, 0.25) is 0 Å². The van der Waals surface area contributed by atoms with Crippen LogP contribution in [0.4, 0.5) is 8.78 Å². The van der Waals surface area contributed by atoms with Crippen molar-refractivity contribution in [1.82, 2.24) is 5.32 Å². The topological polar surface area (TPSA) is 21.3 Å². The molecule has 0 saturated heterocycles. The molecule has 0 unspecified atom stereocenters. The lowest BCUT2D eigenvalue weighted by atomic mass is 10.0. The smallest absolute Gasteiger partial charge is 0.131 e. The van der Waals surface area contributed by atoms with Crippen LogP contribution >= 0.6 is 0 Å². The summed E-state index contributed by atoms with van der Waals surface area (Å²) < 4.78 is 32.5. The Kier molecular flexibility index (Phi) is 5.28. The van der Waals surface area contributed by atoms with Crippen LogP contribution in [0, 0.1) is 11.6 Å². The van der Waals surface area contributed by atoms with Gasteiger partial charge in [0.15, 0.2) is 0 Å². The van der Waals surface area contributed by atoms with Gasteiger partial charge in [-0.15, -0.1) is 0 Å². The first-order valence-electron chi connectivity index (χ1n) is 6.98. The Balaban J connectivity index is 2.36. The van der Waals surface area contributed by atoms with Gasteiger partial charge in [-0.1, -0.05) is 13.0 Å². The van der Waals surface area contributed by atoms with Crippen LogP contribution in [0.15, 0.2) is 36.4 Å². The van der Waals surface area contributed by atoms with E-state index in [1.807, 2.05) is 6.07 Å². The van der Waals surface area contributed by atoms with Gasteiger partial charge in [0.25, 0.3) is 0 Å². The van der Waals surface area contributed by atoms with Crippen molar-refractivity contribution in [2.45, 2.75) is 19.9 Å². The van der Waals surface area contributed by atoms with Crippen molar-refractivity contribution in [1.29, 1.82) is 0 Å². The summed E-state index contributed by atoms with van der Waals surface area (Å²) in [7, 11) is 1.60. The summed E-state index contributed by atoms with van der Waals surface area (Å²) in [6.45, 7) is 3.60. The molecule has 2 aromatic carbocycles. The van der Waals surface area contributed by atoms with Crippen molar-refractivity contribution >= 4 is 0 Å². The average Bonchev–Trinajstić information content (AvgIpc) is 2.50. The first-order valence-corrected chi connectivity index (χ1v) is 6.98. The molecule has 2 nitrogen and oxygen atoms in total. The summed E-state index contributed by atoms with van der Waals surface area (Å²) >= 11 is 0. The van der Waals surface area contributed by atoms with Gasteiger partial charge in [-0.2, -0.15) is 0 Å². The quantitative estimate of drug-likeness (QED) is 0.808. The molecule has 4 heteroatoms. The second kappa shape index (κ2) is 7.18. The van der Waals surface area contributed by atoms with Crippen molar-refractivity contribution < 1.29 is 13.5 Å². The lowest BCUT2D eigenvalue weighted by Crippen LogP contribution is -2.14. The molecule has 0 aliphatic rings. The fourth-order valence-electron chi connectivity index (χ4n) is 2.20. The fourth-order valence-corrected chi connectivity index (χ4v) is 2.20. The Morgan fingerprint density at radius 1 is 1.10 bits per heavy atom. The van der Waals surface area contributed by atoms with Crippen LogP contribution in [0.5, 0.6) is 5.75 Å². The molecule has 0 aromatic heterocycles. The molecule has 1 N–H and O–H groups in total. The Bertz CT molecular complexity index is 614. The number of hydrogen-bond acceptors (Lipinski definition) is 2. The van der Waals surface area contributed by atoms with Crippen LogP contribution in [0.3, 0.4) is 0 Å². The van der Waals surface area contributed by atoms with E-state index < -0.39 is 11.6 Å². The summed E-state index contributed by atoms with van der Waals surface area (Å²) in [6, 6.07) is 8.82. The Morgan fingerprint density at radius 2 is 1.90 bits per heavy atom. The van der Waals surface area contributed by atoms with Crippen LogP contribution in [-0.2, 0) is 6.54 Å². The molecule has 0 spiro atoms. The molecule has 0 saturated carbocycles. The number of hydrogen-bond donors (Lipinski definition) is 1. The maximum atomic E-state index is 13.9. The first kappa shape index (κ1) is 15.4. The van der Waals surface area contributed by atoms with Crippen LogP contribution in [0.25, 0.3) is 11.1 Å². The van der Waals surface area contributed by atoms with Gasteiger partial charge in [0.05, 0.1) is 7.11 Å². The highest BCUT2D eigenvalue weighted by atomic mass is 19.1. The monoisotopic (exact) mass is 291 g/mol. The van der Waals surface area contributed by atoms with Crippen molar-refractivity contribution in [3.05, 3.63) is 53.6 Å². The zero-order valence-electron chi connectivity index (χ0n) is 12.2. The largest absolute Gasteiger partial charge is 0.496 e. The van der Waals surface area contributed by atoms with Gasteiger partial charge in [-0.05, 0) is 48.9 Å². The van der Waals surface area contributed by atoms with Crippen molar-refractivity contribution in [2.24, 2.45) is 0 Å². The molecule has 0 aliphatic carbocycles. The Hall–Kier alpha value is -1.94. The normalized spacial score (nSPS) is 10.7. The number of methoxy groups -OCH3 is 1. The number of halogens is 2.